The van der Waals surface area contributed by atoms with E-state index < -0.39 is 6.04 Å². The van der Waals surface area contributed by atoms with Crippen molar-refractivity contribution in [3.8, 4) is 5.75 Å². The topological polar surface area (TPSA) is 58.6 Å². The van der Waals surface area contributed by atoms with E-state index in [9.17, 15) is 9.59 Å². The Bertz CT molecular complexity index is 1150. The molecular weight excluding hydrogens is 551 g/mol. The Hall–Kier alpha value is -2.54. The third-order valence-electron chi connectivity index (χ3n) is 5.50. The summed E-state index contributed by atoms with van der Waals surface area (Å²) < 4.78 is 6.76. The molecule has 0 saturated heterocycles. The molecule has 1 atom stereocenters. The lowest BCUT2D eigenvalue weighted by atomic mass is 10.0. The molecule has 3 aromatic rings. The Morgan fingerprint density at radius 3 is 2.34 bits per heavy atom. The van der Waals surface area contributed by atoms with Crippen molar-refractivity contribution in [1.82, 2.24) is 10.2 Å². The van der Waals surface area contributed by atoms with Gasteiger partial charge in [-0.3, -0.25) is 9.59 Å². The number of nitrogens with one attached hydrogen (secondary N) is 1. The van der Waals surface area contributed by atoms with E-state index in [0.29, 0.717) is 34.3 Å². The predicted molar refractivity (Wildman–Crippen MR) is 144 cm³/mol. The van der Waals surface area contributed by atoms with Crippen molar-refractivity contribution in [3.63, 3.8) is 0 Å². The minimum absolute atomic E-state index is 0.0642. The summed E-state index contributed by atoms with van der Waals surface area (Å²) in [4.78, 5) is 28.3. The number of ether oxygens (including phenoxy) is 1. The number of nitrogens with zero attached hydrogens (tertiary/aromatic N) is 1. The van der Waals surface area contributed by atoms with Gasteiger partial charge in [0.15, 0.2) is 6.61 Å². The van der Waals surface area contributed by atoms with Crippen molar-refractivity contribution < 1.29 is 14.3 Å². The van der Waals surface area contributed by atoms with Crippen LogP contribution >= 0.6 is 39.1 Å². The van der Waals surface area contributed by atoms with E-state index in [2.05, 4.69) is 21.2 Å². The van der Waals surface area contributed by atoms with Crippen molar-refractivity contribution in [3.05, 3.63) is 97.9 Å². The van der Waals surface area contributed by atoms with E-state index in [1.54, 1.807) is 24.3 Å². The summed E-state index contributed by atoms with van der Waals surface area (Å²) in [5, 5.41) is 3.71. The van der Waals surface area contributed by atoms with Crippen molar-refractivity contribution in [2.75, 3.05) is 13.2 Å². The normalized spacial score (nSPS) is 11.6. The SMILES string of the molecule is CCNC(=O)C(Cc1ccccc1)N(Cc1c(Cl)cccc1Cl)C(=O)COc1ccc(Br)c(C)c1. The van der Waals surface area contributed by atoms with E-state index in [1.807, 2.05) is 56.3 Å². The molecule has 0 bridgehead atoms. The smallest absolute Gasteiger partial charge is 0.261 e. The second-order valence-corrected chi connectivity index (χ2v) is 9.69. The number of carbonyl (C=O) groups is 2. The van der Waals surface area contributed by atoms with Crippen molar-refractivity contribution in [2.45, 2.75) is 32.9 Å². The molecule has 0 aromatic heterocycles. The number of rotatable bonds is 10. The molecule has 35 heavy (non-hydrogen) atoms. The summed E-state index contributed by atoms with van der Waals surface area (Å²) in [5.74, 6) is -0.0477. The van der Waals surface area contributed by atoms with Crippen LogP contribution in [0.5, 0.6) is 5.75 Å². The highest BCUT2D eigenvalue weighted by Crippen LogP contribution is 2.27. The minimum atomic E-state index is -0.785. The molecule has 0 fully saturated rings. The van der Waals surface area contributed by atoms with Gasteiger partial charge in [-0.15, -0.1) is 0 Å². The van der Waals surface area contributed by atoms with Crippen LogP contribution in [-0.4, -0.2) is 35.9 Å². The van der Waals surface area contributed by atoms with Crippen molar-refractivity contribution in [1.29, 1.82) is 0 Å². The molecular formula is C27H27BrCl2N2O3. The summed E-state index contributed by atoms with van der Waals surface area (Å²) >= 11 is 16.3. The second-order valence-electron chi connectivity index (χ2n) is 8.02. The molecule has 0 aliphatic heterocycles. The molecule has 8 heteroatoms. The molecule has 1 N–H and O–H groups in total. The molecule has 1 unspecified atom stereocenters. The van der Waals surface area contributed by atoms with Gasteiger partial charge in [0.05, 0.1) is 0 Å². The van der Waals surface area contributed by atoms with Crippen LogP contribution in [0.1, 0.15) is 23.6 Å². The molecule has 2 amide bonds. The number of hydrogen-bond donors (Lipinski definition) is 1. The summed E-state index contributed by atoms with van der Waals surface area (Å²) in [7, 11) is 0. The monoisotopic (exact) mass is 576 g/mol. The second kappa shape index (κ2) is 13.0. The quantitative estimate of drug-likeness (QED) is 0.311. The van der Waals surface area contributed by atoms with Crippen LogP contribution in [0.15, 0.2) is 71.2 Å². The molecule has 3 aromatic carbocycles. The van der Waals surface area contributed by atoms with Gasteiger partial charge in [0.2, 0.25) is 5.91 Å². The average Bonchev–Trinajstić information content (AvgIpc) is 2.84. The summed E-state index contributed by atoms with van der Waals surface area (Å²) in [6.45, 7) is 4.04. The first-order valence-corrected chi connectivity index (χ1v) is 12.8. The first kappa shape index (κ1) is 27.1. The highest BCUT2D eigenvalue weighted by Gasteiger charge is 2.31. The molecule has 0 saturated carbocycles. The Balaban J connectivity index is 1.94. The fourth-order valence-corrected chi connectivity index (χ4v) is 4.40. The van der Waals surface area contributed by atoms with Gasteiger partial charge in [-0.1, -0.05) is 75.5 Å². The number of halogens is 3. The van der Waals surface area contributed by atoms with E-state index in [0.717, 1.165) is 15.6 Å². The minimum Gasteiger partial charge on any atom is -0.484 e. The van der Waals surface area contributed by atoms with Crippen molar-refractivity contribution >= 4 is 50.9 Å². The van der Waals surface area contributed by atoms with Crippen LogP contribution < -0.4 is 10.1 Å². The Morgan fingerprint density at radius 2 is 1.71 bits per heavy atom. The Morgan fingerprint density at radius 1 is 1.03 bits per heavy atom. The van der Waals surface area contributed by atoms with Gasteiger partial charge in [0.1, 0.15) is 11.8 Å². The fourth-order valence-electron chi connectivity index (χ4n) is 3.63. The number of aryl methyl sites for hydroxylation is 1. The molecule has 0 spiro atoms. The van der Waals surface area contributed by atoms with Crippen LogP contribution in [0.3, 0.4) is 0 Å². The van der Waals surface area contributed by atoms with E-state index >= 15 is 0 Å². The van der Waals surface area contributed by atoms with Crippen LogP contribution in [-0.2, 0) is 22.6 Å². The lowest BCUT2D eigenvalue weighted by molar-refractivity contribution is -0.142. The first-order valence-electron chi connectivity index (χ1n) is 11.2. The molecule has 5 nitrogen and oxygen atoms in total. The zero-order valence-corrected chi connectivity index (χ0v) is 22.7. The maximum absolute atomic E-state index is 13.6. The first-order chi connectivity index (χ1) is 16.8. The van der Waals surface area contributed by atoms with Gasteiger partial charge in [0, 0.05) is 39.6 Å². The van der Waals surface area contributed by atoms with Gasteiger partial charge < -0.3 is 15.0 Å². The highest BCUT2D eigenvalue weighted by molar-refractivity contribution is 9.10. The average molecular weight is 578 g/mol. The van der Waals surface area contributed by atoms with Gasteiger partial charge in [0.25, 0.3) is 5.91 Å². The zero-order valence-electron chi connectivity index (χ0n) is 19.6. The molecule has 0 radical (unpaired) electrons. The molecule has 3 rings (SSSR count). The van der Waals surface area contributed by atoms with Crippen LogP contribution in [0.25, 0.3) is 0 Å². The Labute approximate surface area is 224 Å². The summed E-state index contributed by atoms with van der Waals surface area (Å²) in [5.41, 5.74) is 2.49. The number of likely N-dealkylation sites (N-methyl/N-ethyl adjacent to an activating group) is 1. The number of amides is 2. The highest BCUT2D eigenvalue weighted by atomic mass is 79.9. The van der Waals surface area contributed by atoms with E-state index in [4.69, 9.17) is 27.9 Å². The maximum Gasteiger partial charge on any atom is 0.261 e. The van der Waals surface area contributed by atoms with E-state index in [1.165, 1.54) is 4.90 Å². The maximum atomic E-state index is 13.6. The lowest BCUT2D eigenvalue weighted by Gasteiger charge is -2.32. The summed E-state index contributed by atoms with van der Waals surface area (Å²) in [6, 6.07) is 19.4. The number of benzene rings is 3. The van der Waals surface area contributed by atoms with E-state index in [-0.39, 0.29) is 25.0 Å². The van der Waals surface area contributed by atoms with Crippen LogP contribution in [0.4, 0.5) is 0 Å². The predicted octanol–water partition coefficient (Wildman–Crippen LogP) is 6.22. The zero-order chi connectivity index (χ0) is 25.4. The standard InChI is InChI=1S/C27H27BrCl2N2O3/c1-3-31-27(34)25(15-19-8-5-4-6-9-19)32(16-21-23(29)10-7-11-24(21)30)26(33)17-35-20-12-13-22(28)18(2)14-20/h4-14,25H,3,15-17H2,1-2H3,(H,31,34). The fraction of sp³-hybridized carbons (Fsp3) is 0.259. The van der Waals surface area contributed by atoms with Crippen LogP contribution in [0.2, 0.25) is 10.0 Å². The third-order valence-corrected chi connectivity index (χ3v) is 7.10. The van der Waals surface area contributed by atoms with Gasteiger partial charge in [-0.05, 0) is 55.3 Å². The number of carbonyl (C=O) groups excluding carboxylic acids is 2. The molecule has 184 valence electrons. The third kappa shape index (κ3) is 7.47. The van der Waals surface area contributed by atoms with Crippen molar-refractivity contribution in [2.24, 2.45) is 0 Å². The largest absolute Gasteiger partial charge is 0.484 e. The lowest BCUT2D eigenvalue weighted by Crippen LogP contribution is -2.51. The summed E-state index contributed by atoms with van der Waals surface area (Å²) in [6.07, 6.45) is 0.331. The Kier molecular flexibility index (Phi) is 10.0. The number of hydrogen-bond acceptors (Lipinski definition) is 3. The van der Waals surface area contributed by atoms with Gasteiger partial charge >= 0.3 is 0 Å². The molecule has 0 aliphatic carbocycles. The van der Waals surface area contributed by atoms with Gasteiger partial charge in [-0.2, -0.15) is 0 Å². The molecule has 0 aliphatic rings. The van der Waals surface area contributed by atoms with Crippen LogP contribution in [0, 0.1) is 6.92 Å². The molecule has 0 heterocycles. The van der Waals surface area contributed by atoms with Gasteiger partial charge in [-0.25, -0.2) is 0 Å².